The minimum absolute atomic E-state index is 0.0775. The molecular formula is C21H26F2N2O2. The van der Waals surface area contributed by atoms with Gasteiger partial charge >= 0.3 is 0 Å². The van der Waals surface area contributed by atoms with E-state index in [0.717, 1.165) is 24.1 Å². The van der Waals surface area contributed by atoms with Crippen LogP contribution in [0.25, 0.3) is 17.0 Å². The topological polar surface area (TPSA) is 45.5 Å². The zero-order chi connectivity index (χ0) is 19.7. The van der Waals surface area contributed by atoms with Crippen molar-refractivity contribution in [2.75, 3.05) is 6.54 Å². The van der Waals surface area contributed by atoms with Crippen LogP contribution in [0.5, 0.6) is 0 Å². The molecule has 1 aromatic carbocycles. The summed E-state index contributed by atoms with van der Waals surface area (Å²) in [4.78, 5) is 13.9. The summed E-state index contributed by atoms with van der Waals surface area (Å²) in [5.41, 5.74) is 2.10. The Bertz CT molecular complexity index is 884. The van der Waals surface area contributed by atoms with Gasteiger partial charge in [-0.15, -0.1) is 0 Å². The van der Waals surface area contributed by atoms with Gasteiger partial charge in [-0.1, -0.05) is 6.92 Å². The van der Waals surface area contributed by atoms with E-state index in [2.05, 4.69) is 0 Å². The van der Waals surface area contributed by atoms with Crippen LogP contribution in [0.1, 0.15) is 44.4 Å². The first-order valence-corrected chi connectivity index (χ1v) is 9.41. The van der Waals surface area contributed by atoms with Crippen molar-refractivity contribution in [3.05, 3.63) is 41.1 Å². The van der Waals surface area contributed by atoms with Crippen LogP contribution in [0.2, 0.25) is 0 Å². The van der Waals surface area contributed by atoms with E-state index in [9.17, 15) is 18.7 Å². The highest BCUT2D eigenvalue weighted by Gasteiger charge is 2.31. The smallest absolute Gasteiger partial charge is 0.222 e. The summed E-state index contributed by atoms with van der Waals surface area (Å²) in [5, 5.41) is 11.3. The first-order valence-electron chi connectivity index (χ1n) is 9.41. The lowest BCUT2D eigenvalue weighted by molar-refractivity contribution is -0.130. The number of carbonyl (C=O) groups excluding carboxylic acids is 1. The number of benzene rings is 1. The maximum atomic E-state index is 13.7. The van der Waals surface area contributed by atoms with Crippen molar-refractivity contribution < 1.29 is 18.7 Å². The first-order chi connectivity index (χ1) is 12.8. The summed E-state index contributed by atoms with van der Waals surface area (Å²) in [6.07, 6.45) is 2.85. The van der Waals surface area contributed by atoms with Crippen LogP contribution in [-0.4, -0.2) is 39.2 Å². The summed E-state index contributed by atoms with van der Waals surface area (Å²) in [5.74, 6) is -0.677. The highest BCUT2D eigenvalue weighted by molar-refractivity contribution is 5.91. The van der Waals surface area contributed by atoms with E-state index >= 15 is 0 Å². The molecule has 1 aliphatic rings. The Morgan fingerprint density at radius 1 is 1.41 bits per heavy atom. The van der Waals surface area contributed by atoms with Gasteiger partial charge in [0.2, 0.25) is 5.91 Å². The first kappa shape index (κ1) is 19.5. The number of hydrogen-bond acceptors (Lipinski definition) is 2. The number of amides is 1. The number of likely N-dealkylation sites (tertiary alicyclic amines) is 1. The molecule has 0 spiro atoms. The highest BCUT2D eigenvalue weighted by atomic mass is 19.1. The Hall–Kier alpha value is -2.21. The largest absolute Gasteiger partial charge is 0.389 e. The molecule has 0 radical (unpaired) electrons. The Balaban J connectivity index is 1.91. The Morgan fingerprint density at radius 2 is 2.15 bits per heavy atom. The van der Waals surface area contributed by atoms with E-state index in [4.69, 9.17) is 0 Å². The molecule has 2 atom stereocenters. The Morgan fingerprint density at radius 3 is 2.81 bits per heavy atom. The third kappa shape index (κ3) is 3.90. The summed E-state index contributed by atoms with van der Waals surface area (Å²) < 4.78 is 29.1. The zero-order valence-corrected chi connectivity index (χ0v) is 16.0. The van der Waals surface area contributed by atoms with Gasteiger partial charge in [0.25, 0.3) is 0 Å². The molecule has 6 heteroatoms. The third-order valence-corrected chi connectivity index (χ3v) is 5.40. The lowest BCUT2D eigenvalue weighted by Gasteiger charge is -2.27. The Kier molecular flexibility index (Phi) is 5.65. The van der Waals surface area contributed by atoms with Crippen LogP contribution in [0.4, 0.5) is 8.78 Å². The van der Waals surface area contributed by atoms with Crippen LogP contribution in [0, 0.1) is 12.7 Å². The normalized spacial score (nSPS) is 19.3. The number of aliphatic hydroxyl groups excluding tert-OH is 1. The molecule has 0 saturated carbocycles. The lowest BCUT2D eigenvalue weighted by Crippen LogP contribution is -2.40. The van der Waals surface area contributed by atoms with Gasteiger partial charge < -0.3 is 14.6 Å². The number of fused-ring (bicyclic) bond motifs is 1. The van der Waals surface area contributed by atoms with E-state index in [1.165, 1.54) is 25.1 Å². The number of aromatic nitrogens is 1. The highest BCUT2D eigenvalue weighted by Crippen LogP contribution is 2.30. The minimum Gasteiger partial charge on any atom is -0.389 e. The van der Waals surface area contributed by atoms with Crippen molar-refractivity contribution in [3.8, 4) is 0 Å². The molecule has 1 aliphatic heterocycles. The maximum absolute atomic E-state index is 13.7. The molecule has 4 nitrogen and oxygen atoms in total. The van der Waals surface area contributed by atoms with Crippen LogP contribution in [0.15, 0.2) is 24.0 Å². The fourth-order valence-corrected chi connectivity index (χ4v) is 4.06. The molecule has 146 valence electrons. The van der Waals surface area contributed by atoms with Crippen molar-refractivity contribution in [2.24, 2.45) is 0 Å². The average Bonchev–Trinajstić information content (AvgIpc) is 3.07. The number of hydrogen-bond donors (Lipinski definition) is 1. The van der Waals surface area contributed by atoms with Crippen molar-refractivity contribution in [1.29, 1.82) is 0 Å². The summed E-state index contributed by atoms with van der Waals surface area (Å²) in [7, 11) is 0. The zero-order valence-electron chi connectivity index (χ0n) is 16.0. The minimum atomic E-state index is -0.760. The van der Waals surface area contributed by atoms with Crippen LogP contribution in [0.3, 0.4) is 0 Å². The molecule has 1 amide bonds. The van der Waals surface area contributed by atoms with Crippen LogP contribution >= 0.6 is 0 Å². The predicted molar refractivity (Wildman–Crippen MR) is 102 cm³/mol. The lowest BCUT2D eigenvalue weighted by atomic mass is 10.1. The molecule has 1 aromatic heterocycles. The van der Waals surface area contributed by atoms with Crippen LogP contribution < -0.4 is 0 Å². The number of rotatable bonds is 6. The molecule has 3 rings (SSSR count). The number of β-amino-alcohol motifs (C(OH)–C–C–N with tert-alkyl or cyclic N) is 1. The molecule has 1 fully saturated rings. The molecule has 2 aromatic rings. The average molecular weight is 376 g/mol. The second kappa shape index (κ2) is 7.80. The summed E-state index contributed by atoms with van der Waals surface area (Å²) in [6, 6.07) is 4.57. The van der Waals surface area contributed by atoms with Gasteiger partial charge in [-0.25, -0.2) is 8.78 Å². The van der Waals surface area contributed by atoms with Crippen LogP contribution in [-0.2, 0) is 11.3 Å². The Labute approximate surface area is 158 Å². The van der Waals surface area contributed by atoms with Crippen molar-refractivity contribution in [2.45, 2.75) is 58.7 Å². The van der Waals surface area contributed by atoms with Gasteiger partial charge in [0.15, 0.2) is 0 Å². The summed E-state index contributed by atoms with van der Waals surface area (Å²) >= 11 is 0. The van der Waals surface area contributed by atoms with Gasteiger partial charge in [0.05, 0.1) is 18.5 Å². The number of nitrogens with zero attached hydrogens (tertiary/aromatic N) is 2. The standard InChI is InChI=1S/C21H26F2N2O2/c1-4-16-6-8-21(27)25(16)12-17(26)11-24-14(3)18(9-13(2)22)19-10-15(23)5-7-20(19)24/h5,7,9-10,16-17,26H,4,6,8,11-12H2,1-3H3/b13-9+. The fraction of sp³-hybridized carbons (Fsp3) is 0.476. The van der Waals surface area contributed by atoms with E-state index in [0.29, 0.717) is 17.4 Å². The monoisotopic (exact) mass is 376 g/mol. The van der Waals surface area contributed by atoms with Crippen molar-refractivity contribution in [1.82, 2.24) is 9.47 Å². The number of halogens is 2. The second-order valence-corrected chi connectivity index (χ2v) is 7.30. The molecule has 0 aliphatic carbocycles. The van der Waals surface area contributed by atoms with E-state index in [1.54, 1.807) is 11.0 Å². The molecular weight excluding hydrogens is 350 g/mol. The van der Waals surface area contributed by atoms with Gasteiger partial charge in [0, 0.05) is 41.2 Å². The SMILES string of the molecule is CCC1CCC(=O)N1CC(O)Cn1c(C)c(/C=C(\C)F)c2cc(F)ccc21. The predicted octanol–water partition coefficient (Wildman–Crippen LogP) is 4.18. The van der Waals surface area contributed by atoms with Gasteiger partial charge in [-0.2, -0.15) is 0 Å². The summed E-state index contributed by atoms with van der Waals surface area (Å²) in [6.45, 7) is 5.74. The molecule has 27 heavy (non-hydrogen) atoms. The molecule has 1 N–H and O–H groups in total. The molecule has 2 heterocycles. The van der Waals surface area contributed by atoms with Crippen molar-refractivity contribution in [3.63, 3.8) is 0 Å². The molecule has 0 bridgehead atoms. The quantitative estimate of drug-likeness (QED) is 0.822. The second-order valence-electron chi connectivity index (χ2n) is 7.30. The van der Waals surface area contributed by atoms with E-state index in [-0.39, 0.29) is 36.7 Å². The molecule has 1 saturated heterocycles. The third-order valence-electron chi connectivity index (χ3n) is 5.40. The molecule has 2 unspecified atom stereocenters. The maximum Gasteiger partial charge on any atom is 0.222 e. The van der Waals surface area contributed by atoms with E-state index < -0.39 is 6.10 Å². The van der Waals surface area contributed by atoms with Gasteiger partial charge in [-0.3, -0.25) is 4.79 Å². The van der Waals surface area contributed by atoms with Crippen molar-refractivity contribution >= 4 is 22.9 Å². The number of carbonyl (C=O) groups is 1. The number of aliphatic hydroxyl groups is 1. The number of allylic oxidation sites excluding steroid dienone is 1. The fourth-order valence-electron chi connectivity index (χ4n) is 4.06. The van der Waals surface area contributed by atoms with Gasteiger partial charge in [-0.05, 0) is 51.0 Å². The van der Waals surface area contributed by atoms with E-state index in [1.807, 2.05) is 18.4 Å². The van der Waals surface area contributed by atoms with Gasteiger partial charge in [0.1, 0.15) is 5.82 Å².